The molecule has 0 aliphatic heterocycles. The lowest BCUT2D eigenvalue weighted by atomic mass is 9.91. The van der Waals surface area contributed by atoms with E-state index in [1.54, 1.807) is 0 Å². The number of hydrogen-bond donors (Lipinski definition) is 1. The number of hydrogen-bond acceptors (Lipinski definition) is 1. The summed E-state index contributed by atoms with van der Waals surface area (Å²) in [7, 11) is 0. The summed E-state index contributed by atoms with van der Waals surface area (Å²) in [6.45, 7) is 17.2. The molecule has 1 atom stereocenters. The minimum Gasteiger partial charge on any atom is -0.386 e. The standard InChI is InChI=1S/C11H23N/c1-8(2)9(3)12-10(4)11(5,6)7/h8-9,12H,4H2,1-3,5-7H3. The maximum Gasteiger partial charge on any atom is 0.0252 e. The van der Waals surface area contributed by atoms with Crippen LogP contribution < -0.4 is 5.32 Å². The lowest BCUT2D eigenvalue weighted by Gasteiger charge is -2.28. The van der Waals surface area contributed by atoms with E-state index in [2.05, 4.69) is 53.4 Å². The van der Waals surface area contributed by atoms with Crippen molar-refractivity contribution in [1.29, 1.82) is 0 Å². The van der Waals surface area contributed by atoms with Crippen molar-refractivity contribution in [2.75, 3.05) is 0 Å². The smallest absolute Gasteiger partial charge is 0.0252 e. The Labute approximate surface area is 77.2 Å². The van der Waals surface area contributed by atoms with Gasteiger partial charge in [0.2, 0.25) is 0 Å². The van der Waals surface area contributed by atoms with Crippen molar-refractivity contribution >= 4 is 0 Å². The quantitative estimate of drug-likeness (QED) is 0.684. The summed E-state index contributed by atoms with van der Waals surface area (Å²) in [5.74, 6) is 0.657. The fraction of sp³-hybridized carbons (Fsp3) is 0.818. The first kappa shape index (κ1) is 11.5. The zero-order valence-electron chi connectivity index (χ0n) is 9.36. The summed E-state index contributed by atoms with van der Waals surface area (Å²) < 4.78 is 0. The molecule has 0 spiro atoms. The van der Waals surface area contributed by atoms with Gasteiger partial charge in [-0.2, -0.15) is 0 Å². The molecule has 0 amide bonds. The Kier molecular flexibility index (Phi) is 3.82. The third-order valence-corrected chi connectivity index (χ3v) is 2.31. The lowest BCUT2D eigenvalue weighted by Crippen LogP contribution is -2.34. The van der Waals surface area contributed by atoms with Crippen molar-refractivity contribution in [1.82, 2.24) is 5.32 Å². The molecule has 72 valence electrons. The van der Waals surface area contributed by atoms with Crippen molar-refractivity contribution in [2.45, 2.75) is 47.6 Å². The summed E-state index contributed by atoms with van der Waals surface area (Å²) in [6.07, 6.45) is 0. The van der Waals surface area contributed by atoms with E-state index in [0.29, 0.717) is 12.0 Å². The van der Waals surface area contributed by atoms with E-state index in [0.717, 1.165) is 5.70 Å². The van der Waals surface area contributed by atoms with Gasteiger partial charge in [0.25, 0.3) is 0 Å². The molecule has 12 heavy (non-hydrogen) atoms. The van der Waals surface area contributed by atoms with E-state index in [9.17, 15) is 0 Å². The molecule has 0 radical (unpaired) electrons. The van der Waals surface area contributed by atoms with E-state index in [-0.39, 0.29) is 5.41 Å². The minimum atomic E-state index is 0.170. The topological polar surface area (TPSA) is 12.0 Å². The maximum atomic E-state index is 4.04. The summed E-state index contributed by atoms with van der Waals surface area (Å²) in [5, 5.41) is 3.42. The molecule has 0 saturated carbocycles. The summed E-state index contributed by atoms with van der Waals surface area (Å²) in [5.41, 5.74) is 1.30. The molecule has 0 aliphatic carbocycles. The van der Waals surface area contributed by atoms with Crippen LogP contribution in [0.2, 0.25) is 0 Å². The van der Waals surface area contributed by atoms with Gasteiger partial charge in [0, 0.05) is 17.2 Å². The zero-order valence-corrected chi connectivity index (χ0v) is 9.36. The third kappa shape index (κ3) is 3.80. The Bertz CT molecular complexity index is 151. The van der Waals surface area contributed by atoms with E-state index in [1.165, 1.54) is 0 Å². The highest BCUT2D eigenvalue weighted by molar-refractivity contribution is 5.03. The Morgan fingerprint density at radius 3 is 1.83 bits per heavy atom. The van der Waals surface area contributed by atoms with E-state index >= 15 is 0 Å². The van der Waals surface area contributed by atoms with Crippen molar-refractivity contribution < 1.29 is 0 Å². The van der Waals surface area contributed by atoms with Crippen LogP contribution in [0.5, 0.6) is 0 Å². The van der Waals surface area contributed by atoms with Crippen LogP contribution in [-0.4, -0.2) is 6.04 Å². The van der Waals surface area contributed by atoms with Gasteiger partial charge in [0.1, 0.15) is 0 Å². The Morgan fingerprint density at radius 1 is 1.17 bits per heavy atom. The van der Waals surface area contributed by atoms with Crippen molar-refractivity contribution in [2.24, 2.45) is 11.3 Å². The second kappa shape index (κ2) is 3.97. The molecule has 0 saturated heterocycles. The molecule has 0 aromatic carbocycles. The van der Waals surface area contributed by atoms with Crippen LogP contribution in [0.3, 0.4) is 0 Å². The highest BCUT2D eigenvalue weighted by Gasteiger charge is 2.17. The average Bonchev–Trinajstić information content (AvgIpc) is 1.85. The van der Waals surface area contributed by atoms with Gasteiger partial charge >= 0.3 is 0 Å². The molecule has 0 aromatic rings. The van der Waals surface area contributed by atoms with Crippen LogP contribution in [0.1, 0.15) is 41.5 Å². The van der Waals surface area contributed by atoms with Gasteiger partial charge in [-0.1, -0.05) is 41.2 Å². The first-order valence-electron chi connectivity index (χ1n) is 4.71. The van der Waals surface area contributed by atoms with Crippen molar-refractivity contribution in [3.63, 3.8) is 0 Å². The van der Waals surface area contributed by atoms with Crippen LogP contribution in [0.25, 0.3) is 0 Å². The van der Waals surface area contributed by atoms with Crippen LogP contribution in [0.4, 0.5) is 0 Å². The molecule has 0 heterocycles. The monoisotopic (exact) mass is 169 g/mol. The van der Waals surface area contributed by atoms with Crippen molar-refractivity contribution in [3.8, 4) is 0 Å². The second-order valence-corrected chi connectivity index (χ2v) is 4.91. The predicted octanol–water partition coefficient (Wildman–Crippen LogP) is 3.18. The molecule has 1 unspecified atom stereocenters. The van der Waals surface area contributed by atoms with Gasteiger partial charge in [-0.3, -0.25) is 0 Å². The third-order valence-electron chi connectivity index (χ3n) is 2.31. The molecule has 0 rings (SSSR count). The molecule has 1 heteroatoms. The van der Waals surface area contributed by atoms with Gasteiger partial charge in [-0.25, -0.2) is 0 Å². The van der Waals surface area contributed by atoms with Crippen LogP contribution in [0.15, 0.2) is 12.3 Å². The van der Waals surface area contributed by atoms with E-state index in [4.69, 9.17) is 0 Å². The minimum absolute atomic E-state index is 0.170. The fourth-order valence-corrected chi connectivity index (χ4v) is 0.658. The molecule has 0 aliphatic rings. The van der Waals surface area contributed by atoms with Gasteiger partial charge in [0.05, 0.1) is 0 Å². The molecule has 0 bridgehead atoms. The average molecular weight is 169 g/mol. The zero-order chi connectivity index (χ0) is 9.94. The SMILES string of the molecule is C=C(NC(C)C(C)C)C(C)(C)C. The first-order chi connectivity index (χ1) is 5.25. The largest absolute Gasteiger partial charge is 0.386 e. The van der Waals surface area contributed by atoms with Gasteiger partial charge in [-0.05, 0) is 12.8 Å². The molecular weight excluding hydrogens is 146 g/mol. The highest BCUT2D eigenvalue weighted by Crippen LogP contribution is 2.22. The molecule has 1 N–H and O–H groups in total. The van der Waals surface area contributed by atoms with Crippen LogP contribution in [0, 0.1) is 11.3 Å². The molecule has 0 fully saturated rings. The first-order valence-corrected chi connectivity index (χ1v) is 4.71. The van der Waals surface area contributed by atoms with Crippen molar-refractivity contribution in [3.05, 3.63) is 12.3 Å². The lowest BCUT2D eigenvalue weighted by molar-refractivity contribution is 0.391. The summed E-state index contributed by atoms with van der Waals surface area (Å²) >= 11 is 0. The molecule has 1 nitrogen and oxygen atoms in total. The highest BCUT2D eigenvalue weighted by atomic mass is 14.9. The van der Waals surface area contributed by atoms with Gasteiger partial charge in [-0.15, -0.1) is 0 Å². The summed E-state index contributed by atoms with van der Waals surface area (Å²) in [6, 6.07) is 0.511. The van der Waals surface area contributed by atoms with Crippen LogP contribution in [-0.2, 0) is 0 Å². The van der Waals surface area contributed by atoms with Gasteiger partial charge in [0.15, 0.2) is 0 Å². The second-order valence-electron chi connectivity index (χ2n) is 4.91. The fourth-order valence-electron chi connectivity index (χ4n) is 0.658. The Balaban J connectivity index is 4.02. The number of nitrogens with one attached hydrogen (secondary N) is 1. The van der Waals surface area contributed by atoms with E-state index in [1.807, 2.05) is 0 Å². The number of allylic oxidation sites excluding steroid dienone is 1. The van der Waals surface area contributed by atoms with Gasteiger partial charge < -0.3 is 5.32 Å². The summed E-state index contributed by atoms with van der Waals surface area (Å²) in [4.78, 5) is 0. The maximum absolute atomic E-state index is 4.04. The van der Waals surface area contributed by atoms with E-state index < -0.39 is 0 Å². The molecular formula is C11H23N. The normalized spacial score (nSPS) is 14.6. The predicted molar refractivity (Wildman–Crippen MR) is 56.0 cm³/mol. The number of rotatable bonds is 3. The molecule has 0 aromatic heterocycles. The van der Waals surface area contributed by atoms with Crippen LogP contribution >= 0.6 is 0 Å². The Morgan fingerprint density at radius 2 is 1.58 bits per heavy atom. The Hall–Kier alpha value is -0.460.